The standard InChI is InChI=1S/C19H27N3O/c1-4-15(3)20-13-17-18(16-9-7-14(2)8-10-16)21-23-19(17)22-11-5-6-12-22/h7-10,15,20H,4-6,11-13H2,1-3H3. The zero-order valence-corrected chi connectivity index (χ0v) is 14.4. The van der Waals surface area contributed by atoms with E-state index in [0.29, 0.717) is 6.04 Å². The third-order valence-corrected chi connectivity index (χ3v) is 4.73. The number of rotatable bonds is 6. The molecular weight excluding hydrogens is 286 g/mol. The molecule has 1 aromatic heterocycles. The number of benzene rings is 1. The summed E-state index contributed by atoms with van der Waals surface area (Å²) in [6.45, 7) is 9.46. The highest BCUT2D eigenvalue weighted by Gasteiger charge is 2.24. The molecule has 2 heterocycles. The molecule has 1 saturated heterocycles. The summed E-state index contributed by atoms with van der Waals surface area (Å²) in [7, 11) is 0. The van der Waals surface area contributed by atoms with Crippen molar-refractivity contribution in [3.8, 4) is 11.3 Å². The van der Waals surface area contributed by atoms with Crippen LogP contribution in [0.2, 0.25) is 0 Å². The number of aryl methyl sites for hydroxylation is 1. The van der Waals surface area contributed by atoms with Crippen LogP contribution in [0.3, 0.4) is 0 Å². The van der Waals surface area contributed by atoms with E-state index in [2.05, 4.69) is 60.4 Å². The molecule has 1 aliphatic rings. The summed E-state index contributed by atoms with van der Waals surface area (Å²) in [5, 5.41) is 8.00. The van der Waals surface area contributed by atoms with Crippen LogP contribution in [0.15, 0.2) is 28.8 Å². The summed E-state index contributed by atoms with van der Waals surface area (Å²) in [5.41, 5.74) is 4.56. The van der Waals surface area contributed by atoms with Crippen molar-refractivity contribution in [2.75, 3.05) is 18.0 Å². The van der Waals surface area contributed by atoms with Crippen LogP contribution in [0, 0.1) is 6.92 Å². The van der Waals surface area contributed by atoms with Crippen molar-refractivity contribution < 1.29 is 4.52 Å². The molecule has 1 atom stereocenters. The van der Waals surface area contributed by atoms with E-state index in [1.807, 2.05) is 0 Å². The molecule has 23 heavy (non-hydrogen) atoms. The van der Waals surface area contributed by atoms with Crippen LogP contribution in [0.25, 0.3) is 11.3 Å². The summed E-state index contributed by atoms with van der Waals surface area (Å²) in [6, 6.07) is 9.01. The van der Waals surface area contributed by atoms with Crippen LogP contribution in [-0.4, -0.2) is 24.3 Å². The first-order valence-electron chi connectivity index (χ1n) is 8.73. The van der Waals surface area contributed by atoms with Crippen molar-refractivity contribution in [2.24, 2.45) is 0 Å². The molecule has 1 aliphatic heterocycles. The highest BCUT2D eigenvalue weighted by molar-refractivity contribution is 5.68. The Labute approximate surface area is 138 Å². The summed E-state index contributed by atoms with van der Waals surface area (Å²) < 4.78 is 5.77. The zero-order chi connectivity index (χ0) is 16.2. The van der Waals surface area contributed by atoms with Gasteiger partial charge in [0, 0.05) is 31.2 Å². The van der Waals surface area contributed by atoms with E-state index in [9.17, 15) is 0 Å². The lowest BCUT2D eigenvalue weighted by atomic mass is 10.1. The van der Waals surface area contributed by atoms with Gasteiger partial charge in [-0.15, -0.1) is 0 Å². The average Bonchev–Trinajstić information content (AvgIpc) is 3.22. The lowest BCUT2D eigenvalue weighted by molar-refractivity contribution is 0.420. The fourth-order valence-corrected chi connectivity index (χ4v) is 2.99. The normalized spacial score (nSPS) is 16.0. The smallest absolute Gasteiger partial charge is 0.232 e. The maximum Gasteiger partial charge on any atom is 0.232 e. The van der Waals surface area contributed by atoms with E-state index in [1.165, 1.54) is 24.0 Å². The van der Waals surface area contributed by atoms with Gasteiger partial charge >= 0.3 is 0 Å². The van der Waals surface area contributed by atoms with Crippen molar-refractivity contribution in [2.45, 2.75) is 52.6 Å². The van der Waals surface area contributed by atoms with E-state index >= 15 is 0 Å². The van der Waals surface area contributed by atoms with Crippen molar-refractivity contribution in [1.82, 2.24) is 10.5 Å². The molecule has 0 aliphatic carbocycles. The lowest BCUT2D eigenvalue weighted by Crippen LogP contribution is -2.26. The van der Waals surface area contributed by atoms with Crippen LogP contribution >= 0.6 is 0 Å². The number of anilines is 1. The van der Waals surface area contributed by atoms with E-state index in [4.69, 9.17) is 4.52 Å². The zero-order valence-electron chi connectivity index (χ0n) is 14.4. The largest absolute Gasteiger partial charge is 0.340 e. The van der Waals surface area contributed by atoms with Gasteiger partial charge in [-0.3, -0.25) is 0 Å². The Morgan fingerprint density at radius 3 is 2.57 bits per heavy atom. The molecule has 4 heteroatoms. The van der Waals surface area contributed by atoms with Crippen LogP contribution in [0.1, 0.15) is 44.2 Å². The first-order valence-corrected chi connectivity index (χ1v) is 8.73. The summed E-state index contributed by atoms with van der Waals surface area (Å²) in [4.78, 5) is 2.33. The molecule has 0 bridgehead atoms. The fraction of sp³-hybridized carbons (Fsp3) is 0.526. The minimum atomic E-state index is 0.488. The minimum Gasteiger partial charge on any atom is -0.340 e. The summed E-state index contributed by atoms with van der Waals surface area (Å²) in [5.74, 6) is 0.953. The average molecular weight is 313 g/mol. The predicted molar refractivity (Wildman–Crippen MR) is 94.7 cm³/mol. The Bertz CT molecular complexity index is 627. The maximum absolute atomic E-state index is 5.77. The molecular formula is C19H27N3O. The number of hydrogen-bond donors (Lipinski definition) is 1. The van der Waals surface area contributed by atoms with Crippen LogP contribution < -0.4 is 10.2 Å². The van der Waals surface area contributed by atoms with Gasteiger partial charge in [0.25, 0.3) is 0 Å². The van der Waals surface area contributed by atoms with Gasteiger partial charge in [0.05, 0.1) is 5.56 Å². The second-order valence-corrected chi connectivity index (χ2v) is 6.57. The van der Waals surface area contributed by atoms with Crippen molar-refractivity contribution >= 4 is 5.88 Å². The molecule has 4 nitrogen and oxygen atoms in total. The fourth-order valence-electron chi connectivity index (χ4n) is 2.99. The lowest BCUT2D eigenvalue weighted by Gasteiger charge is -2.17. The first-order chi connectivity index (χ1) is 11.2. The first kappa shape index (κ1) is 16.1. The molecule has 0 saturated carbocycles. The Hall–Kier alpha value is -1.81. The highest BCUT2D eigenvalue weighted by atomic mass is 16.5. The van der Waals surface area contributed by atoms with Crippen LogP contribution in [-0.2, 0) is 6.54 Å². The number of nitrogens with one attached hydrogen (secondary N) is 1. The molecule has 0 radical (unpaired) electrons. The third-order valence-electron chi connectivity index (χ3n) is 4.73. The van der Waals surface area contributed by atoms with Gasteiger partial charge in [-0.25, -0.2) is 0 Å². The monoisotopic (exact) mass is 313 g/mol. The number of nitrogens with zero attached hydrogens (tertiary/aromatic N) is 2. The Morgan fingerprint density at radius 2 is 1.91 bits per heavy atom. The van der Waals surface area contributed by atoms with Crippen LogP contribution in [0.4, 0.5) is 5.88 Å². The van der Waals surface area contributed by atoms with Gasteiger partial charge in [0.1, 0.15) is 5.69 Å². The Kier molecular flexibility index (Phi) is 5.01. The van der Waals surface area contributed by atoms with Crippen molar-refractivity contribution in [3.63, 3.8) is 0 Å². The molecule has 1 aromatic carbocycles. The highest BCUT2D eigenvalue weighted by Crippen LogP contribution is 2.33. The Morgan fingerprint density at radius 1 is 1.22 bits per heavy atom. The molecule has 2 aromatic rings. The summed E-state index contributed by atoms with van der Waals surface area (Å²) >= 11 is 0. The molecule has 124 valence electrons. The van der Waals surface area contributed by atoms with Crippen molar-refractivity contribution in [3.05, 3.63) is 35.4 Å². The second kappa shape index (κ2) is 7.18. The van der Waals surface area contributed by atoms with E-state index in [0.717, 1.165) is 43.2 Å². The van der Waals surface area contributed by atoms with Gasteiger partial charge in [-0.2, -0.15) is 0 Å². The minimum absolute atomic E-state index is 0.488. The molecule has 3 rings (SSSR count). The summed E-state index contributed by atoms with van der Waals surface area (Å²) in [6.07, 6.45) is 3.59. The number of hydrogen-bond acceptors (Lipinski definition) is 4. The molecule has 0 amide bonds. The quantitative estimate of drug-likeness (QED) is 0.870. The van der Waals surface area contributed by atoms with E-state index in [-0.39, 0.29) is 0 Å². The number of aromatic nitrogens is 1. The van der Waals surface area contributed by atoms with Crippen molar-refractivity contribution in [1.29, 1.82) is 0 Å². The van der Waals surface area contributed by atoms with E-state index < -0.39 is 0 Å². The van der Waals surface area contributed by atoms with Gasteiger partial charge in [-0.05, 0) is 33.1 Å². The topological polar surface area (TPSA) is 41.3 Å². The van der Waals surface area contributed by atoms with Crippen LogP contribution in [0.5, 0.6) is 0 Å². The Balaban J connectivity index is 1.92. The van der Waals surface area contributed by atoms with Gasteiger partial charge < -0.3 is 14.7 Å². The second-order valence-electron chi connectivity index (χ2n) is 6.57. The maximum atomic E-state index is 5.77. The predicted octanol–water partition coefficient (Wildman–Crippen LogP) is 4.14. The van der Waals surface area contributed by atoms with Gasteiger partial charge in [-0.1, -0.05) is 41.9 Å². The van der Waals surface area contributed by atoms with Gasteiger partial charge in [0.2, 0.25) is 5.88 Å². The van der Waals surface area contributed by atoms with Gasteiger partial charge in [0.15, 0.2) is 0 Å². The molecule has 1 N–H and O–H groups in total. The third kappa shape index (κ3) is 3.58. The molecule has 0 spiro atoms. The molecule has 1 fully saturated rings. The van der Waals surface area contributed by atoms with E-state index in [1.54, 1.807) is 0 Å². The molecule has 1 unspecified atom stereocenters. The SMILES string of the molecule is CCC(C)NCc1c(-c2ccc(C)cc2)noc1N1CCCC1.